The normalized spacial score (nSPS) is 21.2. The topological polar surface area (TPSA) is 79.3 Å². The Balaban J connectivity index is 1.93. The van der Waals surface area contributed by atoms with Crippen molar-refractivity contribution in [1.29, 1.82) is 0 Å². The van der Waals surface area contributed by atoms with Crippen LogP contribution in [0.1, 0.15) is 85.1 Å². The van der Waals surface area contributed by atoms with Gasteiger partial charge in [-0.3, -0.25) is 14.5 Å². The van der Waals surface area contributed by atoms with E-state index in [1.165, 1.54) is 5.57 Å². The highest BCUT2D eigenvalue weighted by Crippen LogP contribution is 2.45. The first-order valence-electron chi connectivity index (χ1n) is 13.9. The highest BCUT2D eigenvalue weighted by atomic mass is 16.7. The second kappa shape index (κ2) is 12.8. The van der Waals surface area contributed by atoms with E-state index in [0.717, 1.165) is 44.3 Å². The van der Waals surface area contributed by atoms with Crippen LogP contribution in [0.3, 0.4) is 0 Å². The summed E-state index contributed by atoms with van der Waals surface area (Å²) in [5.74, 6) is -0.246. The van der Waals surface area contributed by atoms with Gasteiger partial charge in [-0.15, -0.1) is 0 Å². The molecular formula is C30H46N2O5. The van der Waals surface area contributed by atoms with Gasteiger partial charge in [0.1, 0.15) is 0 Å². The van der Waals surface area contributed by atoms with Crippen LogP contribution in [-0.4, -0.2) is 65.8 Å². The van der Waals surface area contributed by atoms with Crippen molar-refractivity contribution in [2.24, 2.45) is 11.3 Å². The third kappa shape index (κ3) is 7.50. The Labute approximate surface area is 222 Å². The van der Waals surface area contributed by atoms with E-state index in [1.54, 1.807) is 0 Å². The van der Waals surface area contributed by atoms with E-state index in [2.05, 4.69) is 52.5 Å². The maximum absolute atomic E-state index is 13.6. The monoisotopic (exact) mass is 514 g/mol. The summed E-state index contributed by atoms with van der Waals surface area (Å²) >= 11 is 0. The van der Waals surface area contributed by atoms with Crippen molar-refractivity contribution < 1.29 is 24.2 Å². The number of carbonyl (C=O) groups is 2. The number of carboxylic acid groups (broad SMARTS) is 1. The van der Waals surface area contributed by atoms with Gasteiger partial charge in [0, 0.05) is 31.6 Å². The second-order valence-electron chi connectivity index (χ2n) is 11.6. The van der Waals surface area contributed by atoms with Gasteiger partial charge >= 0.3 is 5.97 Å². The minimum Gasteiger partial charge on any atom is -0.481 e. The zero-order valence-electron chi connectivity index (χ0n) is 23.6. The molecule has 2 aliphatic rings. The number of unbranched alkanes of at least 4 members (excludes halogenated alkanes) is 2. The first-order valence-corrected chi connectivity index (χ1v) is 13.9. The van der Waals surface area contributed by atoms with E-state index in [4.69, 9.17) is 9.47 Å². The third-order valence-corrected chi connectivity index (χ3v) is 7.53. The van der Waals surface area contributed by atoms with Gasteiger partial charge in [-0.2, -0.15) is 0 Å². The number of hydrogen-bond acceptors (Lipinski definition) is 5. The molecule has 7 heteroatoms. The number of rotatable bonds is 13. The molecule has 0 bridgehead atoms. The minimum absolute atomic E-state index is 0.0994. The van der Waals surface area contributed by atoms with Gasteiger partial charge in [0.05, 0.1) is 12.5 Å². The Morgan fingerprint density at radius 3 is 2.35 bits per heavy atom. The molecule has 1 aromatic carbocycles. The zero-order valence-corrected chi connectivity index (χ0v) is 23.6. The second-order valence-corrected chi connectivity index (χ2v) is 11.6. The van der Waals surface area contributed by atoms with E-state index in [0.29, 0.717) is 24.5 Å². The van der Waals surface area contributed by atoms with Gasteiger partial charge < -0.3 is 19.5 Å². The van der Waals surface area contributed by atoms with Crippen LogP contribution in [0.25, 0.3) is 0 Å². The number of allylic oxidation sites excluding steroid dienone is 2. The summed E-state index contributed by atoms with van der Waals surface area (Å²) in [7, 11) is 0. The molecule has 2 aliphatic heterocycles. The first kappa shape index (κ1) is 29.0. The summed E-state index contributed by atoms with van der Waals surface area (Å²) in [5, 5.41) is 10.5. The van der Waals surface area contributed by atoms with E-state index in [9.17, 15) is 14.7 Å². The molecule has 37 heavy (non-hydrogen) atoms. The maximum Gasteiger partial charge on any atom is 0.308 e. The molecule has 1 amide bonds. The Hall–Kier alpha value is -2.54. The fourth-order valence-electron chi connectivity index (χ4n) is 5.94. The van der Waals surface area contributed by atoms with E-state index >= 15 is 0 Å². The number of nitrogens with zero attached hydrogens (tertiary/aromatic N) is 2. The van der Waals surface area contributed by atoms with Gasteiger partial charge in [-0.25, -0.2) is 0 Å². The number of ether oxygens (including phenoxy) is 2. The van der Waals surface area contributed by atoms with Crippen LogP contribution in [0.4, 0.5) is 0 Å². The molecule has 3 rings (SSSR count). The zero-order chi connectivity index (χ0) is 27.2. The molecule has 0 aromatic heterocycles. The van der Waals surface area contributed by atoms with Gasteiger partial charge in [0.15, 0.2) is 11.5 Å². The van der Waals surface area contributed by atoms with Crippen LogP contribution in [0.15, 0.2) is 29.8 Å². The number of aliphatic carboxylic acids is 1. The molecule has 3 atom stereocenters. The number of hydrogen-bond donors (Lipinski definition) is 1. The van der Waals surface area contributed by atoms with E-state index in [-0.39, 0.29) is 36.6 Å². The van der Waals surface area contributed by atoms with Crippen LogP contribution < -0.4 is 9.47 Å². The average Bonchev–Trinajstić information content (AvgIpc) is 3.42. The number of likely N-dealkylation sites (tertiary alicyclic amines) is 1. The molecular weight excluding hydrogens is 468 g/mol. The van der Waals surface area contributed by atoms with Crippen molar-refractivity contribution in [3.63, 3.8) is 0 Å². The van der Waals surface area contributed by atoms with Gasteiger partial charge in [0.25, 0.3) is 0 Å². The summed E-state index contributed by atoms with van der Waals surface area (Å²) < 4.78 is 11.1. The molecule has 1 aromatic rings. The molecule has 0 radical (unpaired) electrons. The van der Waals surface area contributed by atoms with E-state index in [1.807, 2.05) is 23.1 Å². The Bertz CT molecular complexity index is 961. The lowest BCUT2D eigenvalue weighted by atomic mass is 9.77. The van der Waals surface area contributed by atoms with Crippen LogP contribution in [-0.2, 0) is 9.59 Å². The van der Waals surface area contributed by atoms with Crippen molar-refractivity contribution in [2.45, 2.75) is 85.6 Å². The van der Waals surface area contributed by atoms with Crippen LogP contribution in [0.2, 0.25) is 0 Å². The maximum atomic E-state index is 13.6. The fraction of sp³-hybridized carbons (Fsp3) is 0.667. The summed E-state index contributed by atoms with van der Waals surface area (Å²) in [5.41, 5.74) is 1.92. The standard InChI is InChI=1S/C30H46N2O5/c1-7-9-13-31(14-10-8-2)27(33)19-32-18-23(22-11-12-25-26(15-22)37-20-36-25)28(29(34)35)24(32)17-30(5,6)16-21(3)4/h11-12,15-16,23-24,28H,7-10,13-14,17-20H2,1-6H3,(H,34,35)/t23?,24-,28+/m1/s1. The first-order chi connectivity index (χ1) is 17.6. The van der Waals surface area contributed by atoms with Crippen molar-refractivity contribution in [1.82, 2.24) is 9.80 Å². The van der Waals surface area contributed by atoms with Crippen molar-refractivity contribution in [3.8, 4) is 11.5 Å². The molecule has 0 saturated carbocycles. The summed E-state index contributed by atoms with van der Waals surface area (Å²) in [6.45, 7) is 15.2. The summed E-state index contributed by atoms with van der Waals surface area (Å²) in [6.07, 6.45) is 6.90. The minimum atomic E-state index is -0.815. The SMILES string of the molecule is CCCCN(CCCC)C(=O)CN1CC(c2ccc3c(c2)OCO3)[C@H](C(=O)O)[C@H]1CC(C)(C)C=C(C)C. The number of carbonyl (C=O) groups excluding carboxylic acids is 1. The number of carboxylic acids is 1. The van der Waals surface area contributed by atoms with Gasteiger partial charge in [0.2, 0.25) is 12.7 Å². The van der Waals surface area contributed by atoms with Gasteiger partial charge in [-0.05, 0) is 56.2 Å². The smallest absolute Gasteiger partial charge is 0.308 e. The highest BCUT2D eigenvalue weighted by molar-refractivity contribution is 5.79. The van der Waals surface area contributed by atoms with Crippen molar-refractivity contribution in [2.75, 3.05) is 33.0 Å². The molecule has 2 heterocycles. The largest absolute Gasteiger partial charge is 0.481 e. The molecule has 0 spiro atoms. The molecule has 0 aliphatic carbocycles. The molecule has 1 saturated heterocycles. The van der Waals surface area contributed by atoms with Crippen molar-refractivity contribution >= 4 is 11.9 Å². The number of fused-ring (bicyclic) bond motifs is 1. The predicted octanol–water partition coefficient (Wildman–Crippen LogP) is 5.70. The number of benzene rings is 1. The number of amides is 1. The van der Waals surface area contributed by atoms with E-state index < -0.39 is 11.9 Å². The predicted molar refractivity (Wildman–Crippen MR) is 146 cm³/mol. The molecule has 1 unspecified atom stereocenters. The molecule has 1 N–H and O–H groups in total. The lowest BCUT2D eigenvalue weighted by Crippen LogP contribution is -2.45. The van der Waals surface area contributed by atoms with Crippen LogP contribution in [0.5, 0.6) is 11.5 Å². The molecule has 206 valence electrons. The molecule has 7 nitrogen and oxygen atoms in total. The quantitative estimate of drug-likeness (QED) is 0.341. The Morgan fingerprint density at radius 1 is 1.11 bits per heavy atom. The average molecular weight is 515 g/mol. The lowest BCUT2D eigenvalue weighted by molar-refractivity contribution is -0.144. The van der Waals surface area contributed by atoms with Crippen LogP contribution in [0, 0.1) is 11.3 Å². The van der Waals surface area contributed by atoms with Crippen molar-refractivity contribution in [3.05, 3.63) is 35.4 Å². The van der Waals surface area contributed by atoms with Gasteiger partial charge in [-0.1, -0.05) is 58.3 Å². The Morgan fingerprint density at radius 2 is 1.76 bits per heavy atom. The van der Waals surface area contributed by atoms with Crippen LogP contribution >= 0.6 is 0 Å². The molecule has 1 fully saturated rings. The third-order valence-electron chi connectivity index (χ3n) is 7.53. The Kier molecular flexibility index (Phi) is 10.0. The lowest BCUT2D eigenvalue weighted by Gasteiger charge is -2.34. The summed E-state index contributed by atoms with van der Waals surface area (Å²) in [4.78, 5) is 30.5. The highest BCUT2D eigenvalue weighted by Gasteiger charge is 2.48. The fourth-order valence-corrected chi connectivity index (χ4v) is 5.94. The summed E-state index contributed by atoms with van der Waals surface area (Å²) in [6, 6.07) is 5.47.